The van der Waals surface area contributed by atoms with Crippen molar-refractivity contribution in [2.24, 2.45) is 5.73 Å². The number of carbonyl (C=O) groups excluding carboxylic acids is 1. The van der Waals surface area contributed by atoms with E-state index in [-0.39, 0.29) is 0 Å². The highest BCUT2D eigenvalue weighted by atomic mass is 16.5. The van der Waals surface area contributed by atoms with Gasteiger partial charge in [-0.2, -0.15) is 0 Å². The van der Waals surface area contributed by atoms with E-state index in [0.29, 0.717) is 5.75 Å². The van der Waals surface area contributed by atoms with Crippen molar-refractivity contribution in [2.45, 2.75) is 0 Å². The van der Waals surface area contributed by atoms with Crippen LogP contribution in [0.3, 0.4) is 0 Å². The predicted molar refractivity (Wildman–Crippen MR) is 70.7 cm³/mol. The number of nitrogens with two attached hydrogens (primary N) is 1. The normalized spacial score (nSPS) is 9.47. The second-order valence-electron chi connectivity index (χ2n) is 3.55. The summed E-state index contributed by atoms with van der Waals surface area (Å²) in [6, 6.07) is 16.3. The fourth-order valence-electron chi connectivity index (χ4n) is 1.41. The van der Waals surface area contributed by atoms with Gasteiger partial charge in [0.05, 0.1) is 0 Å². The lowest BCUT2D eigenvalue weighted by Gasteiger charge is -1.96. The number of primary amides is 1. The minimum absolute atomic E-state index is 0.468. The molecule has 0 atom stereocenters. The van der Waals surface area contributed by atoms with E-state index in [1.807, 2.05) is 30.3 Å². The number of benzene rings is 2. The van der Waals surface area contributed by atoms with E-state index in [4.69, 9.17) is 10.2 Å². The van der Waals surface area contributed by atoms with Crippen LogP contribution >= 0.6 is 0 Å². The molecule has 0 spiro atoms. The van der Waals surface area contributed by atoms with Crippen LogP contribution in [0, 0.1) is 0 Å². The van der Waals surface area contributed by atoms with Crippen molar-refractivity contribution in [1.82, 2.24) is 4.98 Å². The minimum Gasteiger partial charge on any atom is -0.443 e. The zero-order valence-electron chi connectivity index (χ0n) is 10.0. The molecular weight excluding hydrogens is 244 g/mol. The Morgan fingerprint density at radius 1 is 1.05 bits per heavy atom. The lowest BCUT2D eigenvalue weighted by Crippen LogP contribution is -2.15. The van der Waals surface area contributed by atoms with E-state index in [9.17, 15) is 4.79 Å². The van der Waals surface area contributed by atoms with Crippen LogP contribution in [0.5, 0.6) is 5.75 Å². The summed E-state index contributed by atoms with van der Waals surface area (Å²) in [4.78, 5) is 14.1. The first kappa shape index (κ1) is 12.6. The molecule has 0 saturated heterocycles. The maximum Gasteiger partial charge on any atom is 0.409 e. The molecule has 0 saturated carbocycles. The summed E-state index contributed by atoms with van der Waals surface area (Å²) in [6.07, 6.45) is 0.663. The average Bonchev–Trinajstić information content (AvgIpc) is 2.88. The number of nitrogens with zero attached hydrogens (tertiary/aromatic N) is 1. The van der Waals surface area contributed by atoms with E-state index in [0.717, 1.165) is 11.1 Å². The zero-order chi connectivity index (χ0) is 13.5. The number of carbonyl (C=O) groups is 1. The van der Waals surface area contributed by atoms with Gasteiger partial charge >= 0.3 is 6.09 Å². The molecule has 96 valence electrons. The number of fused-ring (bicyclic) bond motifs is 1. The van der Waals surface area contributed by atoms with Crippen LogP contribution in [-0.2, 0) is 0 Å². The molecule has 3 rings (SSSR count). The van der Waals surface area contributed by atoms with Crippen LogP contribution in [0.4, 0.5) is 4.79 Å². The number of para-hydroxylation sites is 3. The SMILES string of the molecule is NC(=O)Oc1ccccc1.c1ccc2ocnc2c1. The lowest BCUT2D eigenvalue weighted by atomic mass is 10.3. The van der Waals surface area contributed by atoms with Crippen LogP contribution in [0.2, 0.25) is 0 Å². The number of hydrogen-bond donors (Lipinski definition) is 1. The number of oxazole rings is 1. The van der Waals surface area contributed by atoms with Gasteiger partial charge in [-0.05, 0) is 24.3 Å². The molecule has 0 aliphatic rings. The van der Waals surface area contributed by atoms with Crippen LogP contribution in [0.25, 0.3) is 11.1 Å². The van der Waals surface area contributed by atoms with E-state index in [1.165, 1.54) is 6.39 Å². The Labute approximate surface area is 109 Å². The molecule has 5 heteroatoms. The van der Waals surface area contributed by atoms with Gasteiger partial charge in [-0.1, -0.05) is 30.3 Å². The maximum atomic E-state index is 10.2. The lowest BCUT2D eigenvalue weighted by molar-refractivity contribution is 0.211. The summed E-state index contributed by atoms with van der Waals surface area (Å²) in [7, 11) is 0. The fraction of sp³-hybridized carbons (Fsp3) is 0. The van der Waals surface area contributed by atoms with Gasteiger partial charge in [-0.25, -0.2) is 9.78 Å². The predicted octanol–water partition coefficient (Wildman–Crippen LogP) is 2.97. The topological polar surface area (TPSA) is 78.4 Å². The average molecular weight is 256 g/mol. The van der Waals surface area contributed by atoms with Gasteiger partial charge in [0.1, 0.15) is 11.3 Å². The van der Waals surface area contributed by atoms with Gasteiger partial charge < -0.3 is 14.9 Å². The molecule has 0 fully saturated rings. The summed E-state index contributed by atoms with van der Waals surface area (Å²) in [5.41, 5.74) is 6.52. The quantitative estimate of drug-likeness (QED) is 0.726. The number of amides is 1. The first-order chi connectivity index (χ1) is 9.25. The highest BCUT2D eigenvalue weighted by Crippen LogP contribution is 2.09. The summed E-state index contributed by atoms with van der Waals surface area (Å²) in [5, 5.41) is 0. The van der Waals surface area contributed by atoms with E-state index >= 15 is 0 Å². The number of ether oxygens (including phenoxy) is 1. The molecule has 1 aromatic heterocycles. The van der Waals surface area contributed by atoms with Crippen LogP contribution in [0.1, 0.15) is 0 Å². The molecule has 0 unspecified atom stereocenters. The van der Waals surface area contributed by atoms with Crippen LogP contribution < -0.4 is 10.5 Å². The van der Waals surface area contributed by atoms with Gasteiger partial charge in [0.15, 0.2) is 12.0 Å². The second kappa shape index (κ2) is 6.20. The van der Waals surface area contributed by atoms with Crippen molar-refractivity contribution < 1.29 is 13.9 Å². The molecule has 19 heavy (non-hydrogen) atoms. The van der Waals surface area contributed by atoms with Gasteiger partial charge in [0.25, 0.3) is 0 Å². The third-order valence-electron chi connectivity index (χ3n) is 2.20. The Morgan fingerprint density at radius 2 is 1.74 bits per heavy atom. The van der Waals surface area contributed by atoms with Crippen molar-refractivity contribution in [3.05, 3.63) is 61.0 Å². The van der Waals surface area contributed by atoms with Crippen molar-refractivity contribution in [3.63, 3.8) is 0 Å². The molecule has 2 N–H and O–H groups in total. The maximum absolute atomic E-state index is 10.2. The smallest absolute Gasteiger partial charge is 0.409 e. The molecule has 3 aromatic rings. The van der Waals surface area contributed by atoms with Crippen molar-refractivity contribution in [1.29, 1.82) is 0 Å². The van der Waals surface area contributed by atoms with E-state index < -0.39 is 6.09 Å². The Bertz CT molecular complexity index is 620. The van der Waals surface area contributed by atoms with Gasteiger partial charge in [0.2, 0.25) is 0 Å². The Hall–Kier alpha value is -2.82. The van der Waals surface area contributed by atoms with Gasteiger partial charge in [-0.15, -0.1) is 0 Å². The van der Waals surface area contributed by atoms with E-state index in [1.54, 1.807) is 24.3 Å². The molecule has 1 amide bonds. The van der Waals surface area contributed by atoms with Crippen molar-refractivity contribution in [3.8, 4) is 5.75 Å². The Balaban J connectivity index is 0.000000141. The monoisotopic (exact) mass is 256 g/mol. The first-order valence-electron chi connectivity index (χ1n) is 5.56. The van der Waals surface area contributed by atoms with E-state index in [2.05, 4.69) is 9.72 Å². The molecule has 0 aliphatic carbocycles. The minimum atomic E-state index is -0.786. The van der Waals surface area contributed by atoms with Crippen LogP contribution in [0.15, 0.2) is 65.4 Å². The molecule has 1 heterocycles. The molecule has 0 aliphatic heterocycles. The second-order valence-corrected chi connectivity index (χ2v) is 3.55. The summed E-state index contributed by atoms with van der Waals surface area (Å²) >= 11 is 0. The third-order valence-corrected chi connectivity index (χ3v) is 2.20. The molecule has 5 nitrogen and oxygen atoms in total. The third kappa shape index (κ3) is 3.85. The molecule has 0 radical (unpaired) electrons. The van der Waals surface area contributed by atoms with Crippen molar-refractivity contribution in [2.75, 3.05) is 0 Å². The standard InChI is InChI=1S/C7H7NO2.C7H5NO/c8-7(9)10-6-4-2-1-3-5-6;1-2-4-7-6(3-1)8-5-9-7/h1-5H,(H2,8,9);1-5H. The summed E-state index contributed by atoms with van der Waals surface area (Å²) in [6.45, 7) is 0. The Kier molecular flexibility index (Phi) is 4.12. The number of hydrogen-bond acceptors (Lipinski definition) is 4. The highest BCUT2D eigenvalue weighted by Gasteiger charge is 1.93. The number of rotatable bonds is 1. The molecule has 0 bridgehead atoms. The summed E-state index contributed by atoms with van der Waals surface area (Å²) in [5.74, 6) is 0.468. The first-order valence-corrected chi connectivity index (χ1v) is 5.56. The fourth-order valence-corrected chi connectivity index (χ4v) is 1.41. The van der Waals surface area contributed by atoms with Gasteiger partial charge in [-0.3, -0.25) is 0 Å². The van der Waals surface area contributed by atoms with Crippen molar-refractivity contribution >= 4 is 17.2 Å². The number of aromatic nitrogens is 1. The Morgan fingerprint density at radius 3 is 2.42 bits per heavy atom. The van der Waals surface area contributed by atoms with Gasteiger partial charge in [0, 0.05) is 0 Å². The largest absolute Gasteiger partial charge is 0.443 e. The highest BCUT2D eigenvalue weighted by molar-refractivity contribution is 5.71. The van der Waals surface area contributed by atoms with Crippen LogP contribution in [-0.4, -0.2) is 11.1 Å². The summed E-state index contributed by atoms with van der Waals surface area (Å²) < 4.78 is 9.56. The zero-order valence-corrected chi connectivity index (χ0v) is 10.0. The molecular formula is C14H12N2O3. The molecule has 2 aromatic carbocycles.